The van der Waals surface area contributed by atoms with Crippen molar-refractivity contribution < 1.29 is 4.42 Å². The van der Waals surface area contributed by atoms with Gasteiger partial charge < -0.3 is 15.1 Å². The number of thiazole rings is 1. The Labute approximate surface area is 123 Å². The maximum Gasteiger partial charge on any atom is 0.191 e. The molecule has 0 aliphatic rings. The van der Waals surface area contributed by atoms with E-state index in [4.69, 9.17) is 4.42 Å². The van der Waals surface area contributed by atoms with Crippen molar-refractivity contribution in [2.75, 3.05) is 13.6 Å². The Balaban J connectivity index is 1.75. The molecule has 2 aromatic heterocycles. The molecule has 2 heterocycles. The molecule has 0 unspecified atom stereocenters. The number of hydrogen-bond acceptors (Lipinski definition) is 4. The Kier molecular flexibility index (Phi) is 5.17. The Bertz CT molecular complexity index is 560. The van der Waals surface area contributed by atoms with Crippen molar-refractivity contribution in [3.8, 4) is 0 Å². The van der Waals surface area contributed by atoms with E-state index in [-0.39, 0.29) is 0 Å². The Morgan fingerprint density at radius 3 is 2.85 bits per heavy atom. The van der Waals surface area contributed by atoms with Crippen LogP contribution in [-0.2, 0) is 13.0 Å². The van der Waals surface area contributed by atoms with E-state index in [0.29, 0.717) is 6.54 Å². The number of guanidine groups is 1. The minimum Gasteiger partial charge on any atom is -0.467 e. The molecule has 6 heteroatoms. The highest BCUT2D eigenvalue weighted by Gasteiger charge is 2.05. The Hall–Kier alpha value is -1.82. The molecule has 0 saturated heterocycles. The Morgan fingerprint density at radius 1 is 1.40 bits per heavy atom. The number of aliphatic imine (C=N–C) groups is 1. The van der Waals surface area contributed by atoms with Crippen molar-refractivity contribution in [1.29, 1.82) is 0 Å². The normalized spacial score (nSPS) is 11.7. The fourth-order valence-electron chi connectivity index (χ4n) is 1.90. The maximum atomic E-state index is 5.27. The SMILES string of the molecule is CN=C(NCCc1sc(C)nc1C)NCc1ccco1. The van der Waals surface area contributed by atoms with E-state index >= 15 is 0 Å². The zero-order valence-corrected chi connectivity index (χ0v) is 12.9. The van der Waals surface area contributed by atoms with Gasteiger partial charge in [-0.1, -0.05) is 0 Å². The summed E-state index contributed by atoms with van der Waals surface area (Å²) in [5, 5.41) is 7.63. The van der Waals surface area contributed by atoms with E-state index in [1.807, 2.05) is 19.1 Å². The lowest BCUT2D eigenvalue weighted by molar-refractivity contribution is 0.501. The minimum absolute atomic E-state index is 0.630. The molecule has 0 aliphatic heterocycles. The van der Waals surface area contributed by atoms with Crippen LogP contribution in [0.15, 0.2) is 27.8 Å². The first-order valence-electron chi connectivity index (χ1n) is 6.59. The lowest BCUT2D eigenvalue weighted by atomic mass is 10.3. The van der Waals surface area contributed by atoms with Gasteiger partial charge in [0, 0.05) is 24.9 Å². The fourth-order valence-corrected chi connectivity index (χ4v) is 2.84. The number of nitrogens with one attached hydrogen (secondary N) is 2. The number of furan rings is 1. The van der Waals surface area contributed by atoms with Crippen LogP contribution in [-0.4, -0.2) is 24.5 Å². The second-order valence-corrected chi connectivity index (χ2v) is 5.71. The lowest BCUT2D eigenvalue weighted by Crippen LogP contribution is -2.37. The number of nitrogens with zero attached hydrogens (tertiary/aromatic N) is 2. The molecule has 20 heavy (non-hydrogen) atoms. The third-order valence-electron chi connectivity index (χ3n) is 2.88. The van der Waals surface area contributed by atoms with Crippen LogP contribution in [0, 0.1) is 13.8 Å². The van der Waals surface area contributed by atoms with Gasteiger partial charge in [-0.2, -0.15) is 0 Å². The van der Waals surface area contributed by atoms with Gasteiger partial charge in [-0.25, -0.2) is 4.98 Å². The van der Waals surface area contributed by atoms with E-state index in [2.05, 4.69) is 27.5 Å². The van der Waals surface area contributed by atoms with Crippen molar-refractivity contribution >= 4 is 17.3 Å². The van der Waals surface area contributed by atoms with Gasteiger partial charge in [0.25, 0.3) is 0 Å². The van der Waals surface area contributed by atoms with Crippen molar-refractivity contribution in [1.82, 2.24) is 15.6 Å². The van der Waals surface area contributed by atoms with Crippen LogP contribution in [0.25, 0.3) is 0 Å². The average molecular weight is 292 g/mol. The molecule has 5 nitrogen and oxygen atoms in total. The monoisotopic (exact) mass is 292 g/mol. The van der Waals surface area contributed by atoms with E-state index < -0.39 is 0 Å². The number of aryl methyl sites for hydroxylation is 2. The van der Waals surface area contributed by atoms with Crippen LogP contribution in [0.4, 0.5) is 0 Å². The Morgan fingerprint density at radius 2 is 2.25 bits per heavy atom. The highest BCUT2D eigenvalue weighted by molar-refractivity contribution is 7.11. The fraction of sp³-hybridized carbons (Fsp3) is 0.429. The molecule has 2 rings (SSSR count). The number of rotatable bonds is 5. The average Bonchev–Trinajstić information content (AvgIpc) is 3.04. The van der Waals surface area contributed by atoms with Crippen LogP contribution in [0.3, 0.4) is 0 Å². The van der Waals surface area contributed by atoms with Crippen LogP contribution in [0.2, 0.25) is 0 Å². The molecule has 0 amide bonds. The summed E-state index contributed by atoms with van der Waals surface area (Å²) in [5.41, 5.74) is 1.13. The summed E-state index contributed by atoms with van der Waals surface area (Å²) >= 11 is 1.76. The van der Waals surface area contributed by atoms with Gasteiger partial charge in [0.15, 0.2) is 5.96 Å². The van der Waals surface area contributed by atoms with Gasteiger partial charge in [-0.05, 0) is 26.0 Å². The van der Waals surface area contributed by atoms with Crippen molar-refractivity contribution in [3.05, 3.63) is 39.7 Å². The summed E-state index contributed by atoms with van der Waals surface area (Å²) in [6.45, 7) is 5.56. The lowest BCUT2D eigenvalue weighted by Gasteiger charge is -2.10. The summed E-state index contributed by atoms with van der Waals surface area (Å²) in [4.78, 5) is 9.95. The zero-order valence-electron chi connectivity index (χ0n) is 12.1. The first-order valence-corrected chi connectivity index (χ1v) is 7.40. The molecule has 0 spiro atoms. The number of hydrogen-bond donors (Lipinski definition) is 2. The van der Waals surface area contributed by atoms with Crippen LogP contribution in [0.5, 0.6) is 0 Å². The highest BCUT2D eigenvalue weighted by Crippen LogP contribution is 2.16. The van der Waals surface area contributed by atoms with E-state index in [0.717, 1.165) is 35.4 Å². The third kappa shape index (κ3) is 4.09. The quantitative estimate of drug-likeness (QED) is 0.655. The minimum atomic E-state index is 0.630. The molecule has 0 atom stereocenters. The summed E-state index contributed by atoms with van der Waals surface area (Å²) in [5.74, 6) is 1.67. The van der Waals surface area contributed by atoms with Crippen LogP contribution >= 0.6 is 11.3 Å². The summed E-state index contributed by atoms with van der Waals surface area (Å²) in [6, 6.07) is 3.81. The molecule has 108 valence electrons. The number of aromatic nitrogens is 1. The predicted octanol–water partition coefficient (Wildman–Crippen LogP) is 2.26. The molecule has 0 aromatic carbocycles. The van der Waals surface area contributed by atoms with Gasteiger partial charge >= 0.3 is 0 Å². The molecular weight excluding hydrogens is 272 g/mol. The molecule has 0 radical (unpaired) electrons. The second kappa shape index (κ2) is 7.09. The van der Waals surface area contributed by atoms with Crippen molar-refractivity contribution in [3.63, 3.8) is 0 Å². The first-order chi connectivity index (χ1) is 9.69. The molecular formula is C14H20N4OS. The second-order valence-electron chi connectivity index (χ2n) is 4.42. The molecule has 0 aliphatic carbocycles. The maximum absolute atomic E-state index is 5.27. The van der Waals surface area contributed by atoms with Gasteiger partial charge in [0.1, 0.15) is 5.76 Å². The van der Waals surface area contributed by atoms with E-state index in [1.165, 1.54) is 4.88 Å². The predicted molar refractivity (Wildman–Crippen MR) is 82.2 cm³/mol. The first kappa shape index (κ1) is 14.6. The third-order valence-corrected chi connectivity index (χ3v) is 4.01. The molecule has 2 N–H and O–H groups in total. The molecule has 0 fully saturated rings. The highest BCUT2D eigenvalue weighted by atomic mass is 32.1. The van der Waals surface area contributed by atoms with E-state index in [9.17, 15) is 0 Å². The topological polar surface area (TPSA) is 62.5 Å². The molecule has 2 aromatic rings. The summed E-state index contributed by atoms with van der Waals surface area (Å²) in [6.07, 6.45) is 2.63. The molecule has 0 saturated carbocycles. The molecule has 0 bridgehead atoms. The van der Waals surface area contributed by atoms with Gasteiger partial charge in [0.05, 0.1) is 23.5 Å². The van der Waals surface area contributed by atoms with Gasteiger partial charge in [-0.15, -0.1) is 11.3 Å². The van der Waals surface area contributed by atoms with Crippen LogP contribution in [0.1, 0.15) is 21.3 Å². The van der Waals surface area contributed by atoms with E-state index in [1.54, 1.807) is 24.6 Å². The smallest absolute Gasteiger partial charge is 0.191 e. The van der Waals surface area contributed by atoms with Crippen LogP contribution < -0.4 is 10.6 Å². The largest absolute Gasteiger partial charge is 0.467 e. The van der Waals surface area contributed by atoms with Crippen molar-refractivity contribution in [2.45, 2.75) is 26.8 Å². The van der Waals surface area contributed by atoms with Gasteiger partial charge in [0.2, 0.25) is 0 Å². The van der Waals surface area contributed by atoms with Crippen molar-refractivity contribution in [2.24, 2.45) is 4.99 Å². The van der Waals surface area contributed by atoms with Gasteiger partial charge in [-0.3, -0.25) is 4.99 Å². The zero-order chi connectivity index (χ0) is 14.4. The summed E-state index contributed by atoms with van der Waals surface area (Å²) < 4.78 is 5.27. The standard InChI is InChI=1S/C14H20N4OS/c1-10-13(20-11(2)18-10)6-7-16-14(15-3)17-9-12-5-4-8-19-12/h4-5,8H,6-7,9H2,1-3H3,(H2,15,16,17). The summed E-state index contributed by atoms with van der Waals surface area (Å²) in [7, 11) is 1.76.